The van der Waals surface area contributed by atoms with Gasteiger partial charge in [0.2, 0.25) is 0 Å². The molecule has 0 fully saturated rings. The lowest BCUT2D eigenvalue weighted by Gasteiger charge is -2.23. The topological polar surface area (TPSA) is 63.3 Å². The molecule has 16 heavy (non-hydrogen) atoms. The Labute approximate surface area is 91.9 Å². The number of carbonyl (C=O) groups is 1. The lowest BCUT2D eigenvalue weighted by Crippen LogP contribution is -2.43. The van der Waals surface area contributed by atoms with Crippen molar-refractivity contribution in [1.82, 2.24) is 0 Å². The van der Waals surface area contributed by atoms with Gasteiger partial charge in [-0.2, -0.15) is 0 Å². The fourth-order valence-electron chi connectivity index (χ4n) is 1.59. The first-order chi connectivity index (χ1) is 7.30. The molecule has 1 atom stereocenters. The number of carboxylic acid groups (broad SMARTS) is 1. The molecule has 0 aliphatic rings. The van der Waals surface area contributed by atoms with Gasteiger partial charge in [0.1, 0.15) is 17.2 Å². The van der Waals surface area contributed by atoms with Crippen LogP contribution in [0.2, 0.25) is 0 Å². The van der Waals surface area contributed by atoms with Crippen LogP contribution in [0.15, 0.2) is 12.1 Å². The predicted octanol–water partition coefficient (Wildman–Crippen LogP) is 1.79. The first-order valence-electron chi connectivity index (χ1n) is 4.81. The van der Waals surface area contributed by atoms with Gasteiger partial charge >= 0.3 is 5.97 Å². The van der Waals surface area contributed by atoms with Gasteiger partial charge in [0.05, 0.1) is 0 Å². The Bertz CT molecular complexity index is 430. The van der Waals surface area contributed by atoms with Crippen LogP contribution in [0, 0.1) is 11.6 Å². The van der Waals surface area contributed by atoms with E-state index in [1.807, 2.05) is 0 Å². The summed E-state index contributed by atoms with van der Waals surface area (Å²) >= 11 is 0. The van der Waals surface area contributed by atoms with Gasteiger partial charge in [0.25, 0.3) is 0 Å². The van der Waals surface area contributed by atoms with E-state index in [0.717, 1.165) is 6.07 Å². The molecule has 0 radical (unpaired) electrons. The quantitative estimate of drug-likeness (QED) is 0.830. The predicted molar refractivity (Wildman–Crippen MR) is 54.9 cm³/mol. The first kappa shape index (κ1) is 12.6. The summed E-state index contributed by atoms with van der Waals surface area (Å²) in [4.78, 5) is 10.9. The van der Waals surface area contributed by atoms with Crippen molar-refractivity contribution in [3.63, 3.8) is 0 Å². The molecule has 0 aliphatic carbocycles. The fourth-order valence-corrected chi connectivity index (χ4v) is 1.59. The van der Waals surface area contributed by atoms with Crippen LogP contribution in [-0.4, -0.2) is 11.1 Å². The van der Waals surface area contributed by atoms with Crippen LogP contribution in [0.3, 0.4) is 0 Å². The lowest BCUT2D eigenvalue weighted by atomic mass is 9.87. The monoisotopic (exact) mass is 229 g/mol. The van der Waals surface area contributed by atoms with Crippen LogP contribution in [-0.2, 0) is 16.8 Å². The van der Waals surface area contributed by atoms with Crippen molar-refractivity contribution in [3.8, 4) is 0 Å². The zero-order valence-electron chi connectivity index (χ0n) is 9.05. The highest BCUT2D eigenvalue weighted by Crippen LogP contribution is 2.27. The lowest BCUT2D eigenvalue weighted by molar-refractivity contribution is -0.143. The normalized spacial score (nSPS) is 14.6. The summed E-state index contributed by atoms with van der Waals surface area (Å²) in [6.45, 7) is 2.86. The van der Waals surface area contributed by atoms with Gasteiger partial charge in [-0.05, 0) is 25.0 Å². The van der Waals surface area contributed by atoms with Crippen LogP contribution in [0.5, 0.6) is 0 Å². The molecule has 3 nitrogen and oxygen atoms in total. The molecule has 0 saturated carbocycles. The maximum absolute atomic E-state index is 13.6. The smallest absolute Gasteiger partial charge is 0.328 e. The number of benzene rings is 1. The maximum Gasteiger partial charge on any atom is 0.328 e. The molecular weight excluding hydrogens is 216 g/mol. The Morgan fingerprint density at radius 1 is 1.50 bits per heavy atom. The largest absolute Gasteiger partial charge is 0.480 e. The number of hydrogen-bond donors (Lipinski definition) is 2. The first-order valence-corrected chi connectivity index (χ1v) is 4.81. The third-order valence-corrected chi connectivity index (χ3v) is 2.48. The van der Waals surface area contributed by atoms with Crippen molar-refractivity contribution in [2.24, 2.45) is 5.73 Å². The van der Waals surface area contributed by atoms with Crippen LogP contribution in [0.4, 0.5) is 8.78 Å². The van der Waals surface area contributed by atoms with Gasteiger partial charge in [-0.15, -0.1) is 0 Å². The number of aliphatic carboxylic acids is 1. The number of hydrogen-bond acceptors (Lipinski definition) is 2. The molecule has 0 unspecified atom stereocenters. The van der Waals surface area contributed by atoms with Crippen LogP contribution in [0.1, 0.15) is 25.0 Å². The summed E-state index contributed by atoms with van der Waals surface area (Å²) in [6, 6.07) is 1.75. The molecule has 5 heteroatoms. The van der Waals surface area contributed by atoms with E-state index in [9.17, 15) is 13.6 Å². The minimum Gasteiger partial charge on any atom is -0.480 e. The zero-order valence-corrected chi connectivity index (χ0v) is 9.05. The van der Waals surface area contributed by atoms with E-state index >= 15 is 0 Å². The van der Waals surface area contributed by atoms with Gasteiger partial charge in [-0.25, -0.2) is 13.6 Å². The van der Waals surface area contributed by atoms with Crippen molar-refractivity contribution in [3.05, 3.63) is 34.9 Å². The van der Waals surface area contributed by atoms with Crippen LogP contribution < -0.4 is 5.73 Å². The highest BCUT2D eigenvalue weighted by Gasteiger charge is 2.35. The molecule has 1 rings (SSSR count). The minimum atomic E-state index is -1.86. The third-order valence-electron chi connectivity index (χ3n) is 2.48. The van der Waals surface area contributed by atoms with E-state index in [4.69, 9.17) is 10.8 Å². The van der Waals surface area contributed by atoms with Gasteiger partial charge in [0.15, 0.2) is 0 Å². The Hall–Kier alpha value is -1.49. The highest BCUT2D eigenvalue weighted by atomic mass is 19.1. The Kier molecular flexibility index (Phi) is 3.28. The SMILES string of the molecule is CCc1cc(F)cc(F)c1[C@@](C)(N)C(=O)O. The van der Waals surface area contributed by atoms with Gasteiger partial charge in [-0.3, -0.25) is 0 Å². The van der Waals surface area contributed by atoms with E-state index in [-0.39, 0.29) is 11.1 Å². The Morgan fingerprint density at radius 3 is 2.50 bits per heavy atom. The molecule has 0 aliphatic heterocycles. The van der Waals surface area contributed by atoms with E-state index in [1.54, 1.807) is 6.92 Å². The molecule has 1 aromatic carbocycles. The Morgan fingerprint density at radius 2 is 2.06 bits per heavy atom. The molecule has 3 N–H and O–H groups in total. The summed E-state index contributed by atoms with van der Waals surface area (Å²) in [7, 11) is 0. The number of halogens is 2. The van der Waals surface area contributed by atoms with Crippen molar-refractivity contribution in [1.29, 1.82) is 0 Å². The van der Waals surface area contributed by atoms with E-state index in [0.29, 0.717) is 12.5 Å². The second-order valence-electron chi connectivity index (χ2n) is 3.78. The fraction of sp³-hybridized carbons (Fsp3) is 0.364. The standard InChI is InChI=1S/C11H13F2NO2/c1-3-6-4-7(12)5-8(13)9(6)11(2,14)10(15)16/h4-5H,3,14H2,1-2H3,(H,15,16)/t11-/m1/s1. The molecule has 0 heterocycles. The summed E-state index contributed by atoms with van der Waals surface area (Å²) in [6.07, 6.45) is 0.310. The second kappa shape index (κ2) is 4.17. The molecular formula is C11H13F2NO2. The molecule has 88 valence electrons. The van der Waals surface area contributed by atoms with Gasteiger partial charge < -0.3 is 10.8 Å². The molecule has 0 saturated heterocycles. The van der Waals surface area contributed by atoms with Crippen molar-refractivity contribution in [2.75, 3.05) is 0 Å². The van der Waals surface area contributed by atoms with E-state index in [1.165, 1.54) is 6.92 Å². The number of aryl methyl sites for hydroxylation is 1. The molecule has 0 amide bonds. The summed E-state index contributed by atoms with van der Waals surface area (Å²) in [5.74, 6) is -3.02. The van der Waals surface area contributed by atoms with Crippen LogP contribution >= 0.6 is 0 Å². The van der Waals surface area contributed by atoms with Crippen molar-refractivity contribution < 1.29 is 18.7 Å². The summed E-state index contributed by atoms with van der Waals surface area (Å²) < 4.78 is 26.5. The minimum absolute atomic E-state index is 0.163. The maximum atomic E-state index is 13.6. The average Bonchev–Trinajstić information content (AvgIpc) is 2.15. The van der Waals surface area contributed by atoms with Crippen LogP contribution in [0.25, 0.3) is 0 Å². The highest BCUT2D eigenvalue weighted by molar-refractivity contribution is 5.80. The van der Waals surface area contributed by atoms with E-state index in [2.05, 4.69) is 0 Å². The molecule has 0 aromatic heterocycles. The van der Waals surface area contributed by atoms with Crippen molar-refractivity contribution >= 4 is 5.97 Å². The summed E-state index contributed by atoms with van der Waals surface area (Å²) in [5.41, 5.74) is 3.79. The number of nitrogens with two attached hydrogens (primary N) is 1. The average molecular weight is 229 g/mol. The Balaban J connectivity index is 3.49. The summed E-state index contributed by atoms with van der Waals surface area (Å²) in [5, 5.41) is 8.92. The zero-order chi connectivity index (χ0) is 12.5. The molecule has 1 aromatic rings. The van der Waals surface area contributed by atoms with Gasteiger partial charge in [0, 0.05) is 11.6 Å². The van der Waals surface area contributed by atoms with Crippen molar-refractivity contribution in [2.45, 2.75) is 25.8 Å². The molecule has 0 bridgehead atoms. The third kappa shape index (κ3) is 2.04. The van der Waals surface area contributed by atoms with Gasteiger partial charge in [-0.1, -0.05) is 6.92 Å². The number of carboxylic acids is 1. The van der Waals surface area contributed by atoms with E-state index < -0.39 is 23.1 Å². The second-order valence-corrected chi connectivity index (χ2v) is 3.78. The number of rotatable bonds is 3. The molecule has 0 spiro atoms.